The van der Waals surface area contributed by atoms with Crippen LogP contribution in [0.4, 0.5) is 5.69 Å². The fraction of sp³-hybridized carbons (Fsp3) is 0.300. The summed E-state index contributed by atoms with van der Waals surface area (Å²) in [5, 5.41) is 10.1. The first kappa shape index (κ1) is 8.26. The number of nitrogens with two attached hydrogens (primary N) is 1. The lowest BCUT2D eigenvalue weighted by Crippen LogP contribution is -2.38. The number of hydrogen-bond donors (Lipinski definition) is 2. The van der Waals surface area contributed by atoms with Crippen LogP contribution in [0.1, 0.15) is 12.5 Å². The van der Waals surface area contributed by atoms with Crippen molar-refractivity contribution in [3.8, 4) is 0 Å². The summed E-state index contributed by atoms with van der Waals surface area (Å²) in [7, 11) is 1.86. The second-order valence-electron chi connectivity index (χ2n) is 3.53. The van der Waals surface area contributed by atoms with E-state index in [2.05, 4.69) is 0 Å². The van der Waals surface area contributed by atoms with Gasteiger partial charge in [0, 0.05) is 5.56 Å². The molecule has 13 heavy (non-hydrogen) atoms. The predicted molar refractivity (Wildman–Crippen MR) is 51.1 cm³/mol. The van der Waals surface area contributed by atoms with Gasteiger partial charge in [0.2, 0.25) is 0 Å². The summed E-state index contributed by atoms with van der Waals surface area (Å²) in [5.74, 6) is 0.480. The van der Waals surface area contributed by atoms with Crippen LogP contribution in [0.15, 0.2) is 24.3 Å². The molecule has 1 heterocycles. The molecule has 3 heteroatoms. The zero-order valence-electron chi connectivity index (χ0n) is 7.78. The Morgan fingerprint density at radius 2 is 2.00 bits per heavy atom. The molecular formula is C10H13N2O+. The molecule has 3 nitrogen and oxygen atoms in total. The summed E-state index contributed by atoms with van der Waals surface area (Å²) >= 11 is 0. The highest BCUT2D eigenvalue weighted by molar-refractivity contribution is 5.90. The molecule has 1 aliphatic heterocycles. The van der Waals surface area contributed by atoms with Crippen LogP contribution in [0, 0.1) is 0 Å². The highest BCUT2D eigenvalue weighted by Gasteiger charge is 2.43. The number of fused-ring (bicyclic) bond motifs is 1. The highest BCUT2D eigenvalue weighted by atomic mass is 16.3. The third-order valence-corrected chi connectivity index (χ3v) is 2.65. The summed E-state index contributed by atoms with van der Waals surface area (Å²) in [4.78, 5) is 0. The minimum atomic E-state index is -1.02. The lowest BCUT2D eigenvalue weighted by molar-refractivity contribution is -0.404. The third-order valence-electron chi connectivity index (χ3n) is 2.65. The monoisotopic (exact) mass is 177 g/mol. The molecule has 0 saturated heterocycles. The average molecular weight is 177 g/mol. The minimum absolute atomic E-state index is 0.480. The van der Waals surface area contributed by atoms with E-state index < -0.39 is 5.60 Å². The largest absolute Gasteiger partial charge is 0.373 e. The van der Waals surface area contributed by atoms with Crippen LogP contribution in [0.5, 0.6) is 0 Å². The topological polar surface area (TPSA) is 49.3 Å². The molecular weight excluding hydrogens is 164 g/mol. The fourth-order valence-electron chi connectivity index (χ4n) is 1.77. The molecule has 0 radical (unpaired) electrons. The van der Waals surface area contributed by atoms with Crippen LogP contribution in [0.2, 0.25) is 0 Å². The Morgan fingerprint density at radius 1 is 1.38 bits per heavy atom. The number of aliphatic hydroxyl groups is 1. The van der Waals surface area contributed by atoms with Crippen molar-refractivity contribution in [3.05, 3.63) is 29.8 Å². The van der Waals surface area contributed by atoms with Crippen molar-refractivity contribution in [2.45, 2.75) is 12.5 Å². The first-order chi connectivity index (χ1) is 6.05. The molecule has 0 aliphatic carbocycles. The summed E-state index contributed by atoms with van der Waals surface area (Å²) < 4.78 is 1.81. The standard InChI is InChI=1S/C10H12N2O/c1-10(13)7-5-3-4-6-8(7)12(2)9(10)11/h3-6,11,13H,1-2H3/p+1/t10-/m1/s1. The number of benzene rings is 1. The second-order valence-corrected chi connectivity index (χ2v) is 3.53. The molecule has 1 aromatic carbocycles. The molecule has 0 fully saturated rings. The molecule has 68 valence electrons. The van der Waals surface area contributed by atoms with Gasteiger partial charge in [0.25, 0.3) is 5.84 Å². The van der Waals surface area contributed by atoms with Crippen molar-refractivity contribution in [3.63, 3.8) is 0 Å². The molecule has 0 bridgehead atoms. The van der Waals surface area contributed by atoms with Crippen LogP contribution in [-0.4, -0.2) is 22.6 Å². The molecule has 1 atom stereocenters. The van der Waals surface area contributed by atoms with Gasteiger partial charge in [0.1, 0.15) is 5.69 Å². The van der Waals surface area contributed by atoms with Gasteiger partial charge in [0.15, 0.2) is 5.60 Å². The fourth-order valence-corrected chi connectivity index (χ4v) is 1.77. The zero-order valence-corrected chi connectivity index (χ0v) is 7.78. The molecule has 0 aromatic heterocycles. The van der Waals surface area contributed by atoms with Crippen LogP contribution < -0.4 is 5.73 Å². The predicted octanol–water partition coefficient (Wildman–Crippen LogP) is 0.539. The van der Waals surface area contributed by atoms with Crippen molar-refractivity contribution in [1.29, 1.82) is 0 Å². The lowest BCUT2D eigenvalue weighted by atomic mass is 9.97. The average Bonchev–Trinajstić information content (AvgIpc) is 2.30. The maximum absolute atomic E-state index is 10.1. The van der Waals surface area contributed by atoms with Crippen molar-refractivity contribution < 1.29 is 9.68 Å². The van der Waals surface area contributed by atoms with Gasteiger partial charge in [-0.2, -0.15) is 0 Å². The zero-order chi connectivity index (χ0) is 9.64. The maximum atomic E-state index is 10.1. The summed E-state index contributed by atoms with van der Waals surface area (Å²) in [6.07, 6.45) is 0. The van der Waals surface area contributed by atoms with E-state index in [0.29, 0.717) is 5.84 Å². The van der Waals surface area contributed by atoms with Gasteiger partial charge in [-0.1, -0.05) is 18.2 Å². The number of amidine groups is 1. The van der Waals surface area contributed by atoms with Crippen molar-refractivity contribution >= 4 is 11.5 Å². The van der Waals surface area contributed by atoms with Crippen LogP contribution in [0.3, 0.4) is 0 Å². The van der Waals surface area contributed by atoms with E-state index >= 15 is 0 Å². The Hall–Kier alpha value is -1.35. The lowest BCUT2D eigenvalue weighted by Gasteiger charge is -2.12. The Bertz CT molecular complexity index is 394. The molecule has 1 aromatic rings. The molecule has 2 rings (SSSR count). The smallest absolute Gasteiger partial charge is 0.284 e. The van der Waals surface area contributed by atoms with Gasteiger partial charge in [-0.15, -0.1) is 0 Å². The number of para-hydroxylation sites is 1. The van der Waals surface area contributed by atoms with E-state index in [-0.39, 0.29) is 0 Å². The van der Waals surface area contributed by atoms with Crippen molar-refractivity contribution in [1.82, 2.24) is 0 Å². The molecule has 3 N–H and O–H groups in total. The van der Waals surface area contributed by atoms with E-state index in [0.717, 1.165) is 11.3 Å². The second kappa shape index (κ2) is 2.33. The SMILES string of the molecule is C[N+]1=C(N)[C@](C)(O)c2ccccc21. The molecule has 0 saturated carbocycles. The van der Waals surface area contributed by atoms with E-state index in [4.69, 9.17) is 5.73 Å². The van der Waals surface area contributed by atoms with Crippen LogP contribution in [-0.2, 0) is 5.60 Å². The van der Waals surface area contributed by atoms with Gasteiger partial charge in [-0.25, -0.2) is 4.58 Å². The third kappa shape index (κ3) is 0.906. The van der Waals surface area contributed by atoms with E-state index in [9.17, 15) is 5.11 Å². The van der Waals surface area contributed by atoms with Gasteiger partial charge in [-0.3, -0.25) is 5.73 Å². The first-order valence-electron chi connectivity index (χ1n) is 4.23. The molecule has 1 aliphatic rings. The summed E-state index contributed by atoms with van der Waals surface area (Å²) in [6.45, 7) is 1.71. The molecule has 0 spiro atoms. The number of nitrogens with zero attached hydrogens (tertiary/aromatic N) is 1. The summed E-state index contributed by atoms with van der Waals surface area (Å²) in [5.41, 5.74) is 6.62. The molecule has 0 amide bonds. The number of hydrogen-bond acceptors (Lipinski definition) is 2. The normalized spacial score (nSPS) is 26.4. The minimum Gasteiger partial charge on any atom is -0.373 e. The van der Waals surface area contributed by atoms with Gasteiger partial charge < -0.3 is 5.11 Å². The molecule has 0 unspecified atom stereocenters. The van der Waals surface area contributed by atoms with Crippen molar-refractivity contribution in [2.75, 3.05) is 7.05 Å². The van der Waals surface area contributed by atoms with Crippen molar-refractivity contribution in [2.24, 2.45) is 5.73 Å². The van der Waals surface area contributed by atoms with Gasteiger partial charge in [0.05, 0.1) is 7.05 Å². The Labute approximate surface area is 77.1 Å². The summed E-state index contributed by atoms with van der Waals surface area (Å²) in [6, 6.07) is 7.68. The van der Waals surface area contributed by atoms with E-state index in [1.54, 1.807) is 6.92 Å². The Morgan fingerprint density at radius 3 is 2.62 bits per heavy atom. The highest BCUT2D eigenvalue weighted by Crippen LogP contribution is 2.35. The quantitative estimate of drug-likeness (QED) is 0.568. The van der Waals surface area contributed by atoms with Crippen LogP contribution in [0.25, 0.3) is 0 Å². The van der Waals surface area contributed by atoms with Gasteiger partial charge in [-0.05, 0) is 13.0 Å². The Kier molecular flexibility index (Phi) is 1.48. The Balaban J connectivity index is 2.74. The van der Waals surface area contributed by atoms with Gasteiger partial charge >= 0.3 is 0 Å². The first-order valence-corrected chi connectivity index (χ1v) is 4.23. The maximum Gasteiger partial charge on any atom is 0.284 e. The number of rotatable bonds is 0. The van der Waals surface area contributed by atoms with E-state index in [1.165, 1.54) is 0 Å². The van der Waals surface area contributed by atoms with E-state index in [1.807, 2.05) is 35.9 Å². The van der Waals surface area contributed by atoms with Crippen LogP contribution >= 0.6 is 0 Å².